The van der Waals surface area contributed by atoms with Crippen LogP contribution in [0.4, 0.5) is 0 Å². The van der Waals surface area contributed by atoms with Crippen LogP contribution in [-0.2, 0) is 0 Å². The number of unbranched alkanes of at least 4 members (excludes halogenated alkanes) is 7. The molecule has 0 N–H and O–H groups in total. The van der Waals surface area contributed by atoms with Gasteiger partial charge in [-0.25, -0.2) is 4.44 Å². The van der Waals surface area contributed by atoms with Crippen molar-refractivity contribution in [2.24, 2.45) is 0 Å². The molecule has 4 aromatic rings. The Hall–Kier alpha value is -1.43. The lowest BCUT2D eigenvalue weighted by molar-refractivity contribution is 0.646. The highest BCUT2D eigenvalue weighted by atomic mass is 31.2. The van der Waals surface area contributed by atoms with Crippen LogP contribution in [0.15, 0.2) is 97.1 Å². The molecule has 4 rings (SSSR count). The quantitative estimate of drug-likeness (QED) is 0.0359. The lowest BCUT2D eigenvalue weighted by Crippen LogP contribution is -2.52. The Morgan fingerprint density at radius 2 is 0.646 bits per heavy atom. The maximum Gasteiger partial charge on any atom is 0.0867 e. The van der Waals surface area contributed by atoms with Crippen molar-refractivity contribution < 1.29 is 0 Å². The van der Waals surface area contributed by atoms with Gasteiger partial charge in [0.15, 0.2) is 0 Å². The zero-order chi connectivity index (χ0) is 47.5. The lowest BCUT2D eigenvalue weighted by atomic mass is 10.3. The van der Waals surface area contributed by atoms with Crippen LogP contribution in [0.5, 0.6) is 0 Å². The molecule has 0 aliphatic rings. The minimum atomic E-state index is -1.71. The summed E-state index contributed by atoms with van der Waals surface area (Å²) in [5.74, 6) is 0. The van der Waals surface area contributed by atoms with Gasteiger partial charge in [-0.3, -0.25) is 0 Å². The summed E-state index contributed by atoms with van der Waals surface area (Å²) in [7, 11) is -8.43. The third-order valence-electron chi connectivity index (χ3n) is 14.6. The molecule has 0 spiro atoms. The number of hydrogen-bond donors (Lipinski definition) is 0. The van der Waals surface area contributed by atoms with E-state index in [1.54, 1.807) is 42.0 Å². The molecule has 0 aliphatic carbocycles. The molecular formula is C58H97NP2Si4. The second-order valence-electron chi connectivity index (χ2n) is 21.9. The summed E-state index contributed by atoms with van der Waals surface area (Å²) in [5.41, 5.74) is 0. The van der Waals surface area contributed by atoms with Gasteiger partial charge in [0.05, 0.1) is 32.3 Å². The van der Waals surface area contributed by atoms with Gasteiger partial charge in [-0.15, -0.1) is 0 Å². The normalized spacial score (nSPS) is 12.9. The highest BCUT2D eigenvalue weighted by Crippen LogP contribution is 2.54. The van der Waals surface area contributed by atoms with Crippen LogP contribution in [0.3, 0.4) is 0 Å². The van der Waals surface area contributed by atoms with Gasteiger partial charge in [0.1, 0.15) is 0 Å². The molecule has 0 atom stereocenters. The number of hydrogen-bond acceptors (Lipinski definition) is 1. The molecule has 0 aliphatic heterocycles. The predicted octanol–water partition coefficient (Wildman–Crippen LogP) is 15.4. The monoisotopic (exact) mass is 982 g/mol. The number of benzene rings is 4. The SMILES string of the molecule is CCCCN(P(c1ccc([Si](CCCC)(CCCC)CCCC)cc1)c1ccc([Si](CCCC)(CCCC)CCCC)cc1)P(c1ccccc1[Si](C)(C)C)c1ccccc1[Si](C)(C)C. The van der Waals surface area contributed by atoms with Gasteiger partial charge in [0, 0.05) is 22.7 Å². The van der Waals surface area contributed by atoms with Crippen LogP contribution >= 0.6 is 16.1 Å². The Bertz CT molecular complexity index is 1760. The second-order valence-corrected chi connectivity index (χ2v) is 45.8. The first-order chi connectivity index (χ1) is 31.2. The lowest BCUT2D eigenvalue weighted by Gasteiger charge is -2.42. The fraction of sp³-hybridized carbons (Fsp3) is 0.586. The van der Waals surface area contributed by atoms with E-state index in [0.717, 1.165) is 6.54 Å². The molecule has 0 radical (unpaired) electrons. The third-order valence-corrected chi connectivity index (χ3v) is 35.7. The van der Waals surface area contributed by atoms with Gasteiger partial charge >= 0.3 is 0 Å². The molecule has 4 aromatic carbocycles. The maximum absolute atomic E-state index is 3.15. The summed E-state index contributed by atoms with van der Waals surface area (Å²) in [6, 6.07) is 49.9. The Labute approximate surface area is 409 Å². The molecule has 360 valence electrons. The van der Waals surface area contributed by atoms with Gasteiger partial charge in [-0.1, -0.05) is 325 Å². The molecule has 7 heteroatoms. The minimum absolute atomic E-state index is 0.842. The van der Waals surface area contributed by atoms with Crippen molar-refractivity contribution in [1.82, 2.24) is 4.44 Å². The van der Waals surface area contributed by atoms with E-state index in [-0.39, 0.29) is 0 Å². The van der Waals surface area contributed by atoms with E-state index in [4.69, 9.17) is 0 Å². The molecule has 0 bridgehead atoms. The smallest absolute Gasteiger partial charge is 0.0867 e. The van der Waals surface area contributed by atoms with Gasteiger partial charge in [-0.05, 0) is 27.6 Å². The first-order valence-electron chi connectivity index (χ1n) is 27.0. The van der Waals surface area contributed by atoms with E-state index in [1.165, 1.54) is 126 Å². The molecule has 65 heavy (non-hydrogen) atoms. The zero-order valence-corrected chi connectivity index (χ0v) is 50.2. The van der Waals surface area contributed by atoms with Crippen LogP contribution in [0.25, 0.3) is 0 Å². The van der Waals surface area contributed by atoms with E-state index in [0.29, 0.717) is 0 Å². The van der Waals surface area contributed by atoms with Crippen molar-refractivity contribution in [2.45, 2.75) is 214 Å². The van der Waals surface area contributed by atoms with Crippen molar-refractivity contribution >= 4 is 90.4 Å². The van der Waals surface area contributed by atoms with Crippen molar-refractivity contribution in [2.75, 3.05) is 6.54 Å². The Kier molecular flexibility index (Phi) is 23.9. The molecule has 0 aromatic heterocycles. The summed E-state index contributed by atoms with van der Waals surface area (Å²) < 4.78 is 3.15. The standard InChI is InChI=1S/C58H97NP2Si4/c1-14-21-44-59(61(55-32-28-30-34-57(55)62(8,9)10)56-33-29-31-35-58(56)63(11,12)13)60(51-36-40-53(41-37-51)64(45-22-15-2,46-23-16-3)47-24-17-4)52-38-42-54(43-39-52)65(48-25-18-5,49-26-19-6)50-27-20-7/h28-43H,14-27,44-50H2,1-13H3. The Balaban J connectivity index is 2.12. The Morgan fingerprint density at radius 1 is 0.354 bits per heavy atom. The first-order valence-corrected chi connectivity index (χ1v) is 41.8. The van der Waals surface area contributed by atoms with Gasteiger partial charge in [0.2, 0.25) is 0 Å². The molecule has 0 fully saturated rings. The molecule has 0 heterocycles. The second kappa shape index (κ2) is 27.7. The van der Waals surface area contributed by atoms with E-state index < -0.39 is 48.4 Å². The van der Waals surface area contributed by atoms with Gasteiger partial charge in [-0.2, -0.15) is 0 Å². The van der Waals surface area contributed by atoms with Gasteiger partial charge in [0.25, 0.3) is 0 Å². The summed E-state index contributed by atoms with van der Waals surface area (Å²) in [4.78, 5) is 0. The molecule has 1 nitrogen and oxygen atoms in total. The van der Waals surface area contributed by atoms with Crippen molar-refractivity contribution in [1.29, 1.82) is 0 Å². The molecular weight excluding hydrogens is 885 g/mol. The van der Waals surface area contributed by atoms with Crippen LogP contribution in [-0.4, -0.2) is 43.3 Å². The fourth-order valence-corrected chi connectivity index (χ4v) is 33.4. The van der Waals surface area contributed by atoms with Crippen LogP contribution < -0.4 is 42.0 Å². The zero-order valence-electron chi connectivity index (χ0n) is 44.4. The number of nitrogens with zero attached hydrogens (tertiary/aromatic N) is 1. The summed E-state index contributed by atoms with van der Waals surface area (Å²) in [5, 5.41) is 13.2. The average molecular weight is 983 g/mol. The largest absolute Gasteiger partial charge is 0.245 e. The third kappa shape index (κ3) is 15.3. The molecule has 0 unspecified atom stereocenters. The minimum Gasteiger partial charge on any atom is -0.245 e. The van der Waals surface area contributed by atoms with E-state index in [1.807, 2.05) is 0 Å². The van der Waals surface area contributed by atoms with Crippen molar-refractivity contribution in [3.63, 3.8) is 0 Å². The first kappa shape index (κ1) is 56.2. The fourth-order valence-electron chi connectivity index (χ4n) is 10.6. The molecule has 0 amide bonds. The van der Waals surface area contributed by atoms with E-state index >= 15 is 0 Å². The number of rotatable bonds is 31. The van der Waals surface area contributed by atoms with Crippen LogP contribution in [0.2, 0.25) is 75.5 Å². The average Bonchev–Trinajstić information content (AvgIpc) is 3.30. The van der Waals surface area contributed by atoms with Gasteiger partial charge < -0.3 is 0 Å². The van der Waals surface area contributed by atoms with E-state index in [9.17, 15) is 0 Å². The van der Waals surface area contributed by atoms with Crippen molar-refractivity contribution in [3.05, 3.63) is 97.1 Å². The molecule has 0 saturated heterocycles. The van der Waals surface area contributed by atoms with Crippen molar-refractivity contribution in [3.8, 4) is 0 Å². The predicted molar refractivity (Wildman–Crippen MR) is 315 cm³/mol. The Morgan fingerprint density at radius 3 is 0.923 bits per heavy atom. The topological polar surface area (TPSA) is 3.24 Å². The highest BCUT2D eigenvalue weighted by Gasteiger charge is 2.39. The van der Waals surface area contributed by atoms with Crippen LogP contribution in [0.1, 0.15) is 138 Å². The summed E-state index contributed by atoms with van der Waals surface area (Å²) >= 11 is 0. The van der Waals surface area contributed by atoms with Crippen LogP contribution in [0, 0.1) is 0 Å². The summed E-state index contributed by atoms with van der Waals surface area (Å²) in [6.45, 7) is 33.5. The maximum atomic E-state index is 3.15. The molecule has 0 saturated carbocycles. The summed E-state index contributed by atoms with van der Waals surface area (Å²) in [6.07, 6.45) is 18.5. The van der Waals surface area contributed by atoms with E-state index in [2.05, 4.69) is 189 Å². The highest BCUT2D eigenvalue weighted by molar-refractivity contribution is 7.85.